The Morgan fingerprint density at radius 2 is 0.625 bits per heavy atom. The number of hydrogen-bond donors (Lipinski definition) is 2. The van der Waals surface area contributed by atoms with Gasteiger partial charge >= 0.3 is 0 Å². The topological polar surface area (TPSA) is 454 Å². The number of non-ortho nitro benzene ring substituents is 6. The molecule has 2 N–H and O–H groups in total. The smallest absolute Gasteiger partial charge is 0.288 e. The Bertz CT molecular complexity index is 3440. The van der Waals surface area contributed by atoms with E-state index in [4.69, 9.17) is 0 Å². The summed E-state index contributed by atoms with van der Waals surface area (Å²) >= 11 is 0. The van der Waals surface area contributed by atoms with Crippen LogP contribution in [0.2, 0.25) is 0 Å². The minimum atomic E-state index is -1.06. The van der Waals surface area contributed by atoms with Crippen molar-refractivity contribution in [1.82, 2.24) is 39.9 Å². The first-order chi connectivity index (χ1) is 30.3. The average Bonchev–Trinajstić information content (AvgIpc) is 3.97. The Hall–Kier alpha value is -10.6. The first-order valence-electron chi connectivity index (χ1n) is 17.0. The molecule has 64 heavy (non-hydrogen) atoms. The number of nitrogens with one attached hydrogen (secondary N) is 2. The minimum Gasteiger partial charge on any atom is -0.324 e. The lowest BCUT2D eigenvalue weighted by atomic mass is 10.0. The fourth-order valence-electron chi connectivity index (χ4n) is 7.16. The lowest BCUT2D eigenvalue weighted by Gasteiger charge is -2.01. The molecule has 0 aliphatic carbocycles. The summed E-state index contributed by atoms with van der Waals surface area (Å²) in [5.74, 6) is -2.81. The van der Waals surface area contributed by atoms with E-state index in [0.717, 1.165) is 24.3 Å². The van der Waals surface area contributed by atoms with Crippen LogP contribution in [-0.2, 0) is 0 Å². The van der Waals surface area contributed by atoms with Crippen LogP contribution in [0.25, 0.3) is 89.7 Å². The summed E-state index contributed by atoms with van der Waals surface area (Å²) < 4.78 is 0. The second kappa shape index (κ2) is 13.5. The Kier molecular flexibility index (Phi) is 8.20. The number of nitro groups is 8. The Morgan fingerprint density at radius 1 is 0.328 bits per heavy atom. The molecule has 8 bridgehead atoms. The van der Waals surface area contributed by atoms with Crippen molar-refractivity contribution >= 4 is 89.6 Å². The Labute approximate surface area is 343 Å². The van der Waals surface area contributed by atoms with Gasteiger partial charge < -0.3 is 9.97 Å². The number of fused-ring (bicyclic) bond motifs is 20. The fraction of sp³-hybridized carbons (Fsp3) is 0. The van der Waals surface area contributed by atoms with E-state index in [2.05, 4.69) is 39.9 Å². The van der Waals surface area contributed by atoms with Gasteiger partial charge in [0.25, 0.3) is 45.5 Å². The van der Waals surface area contributed by atoms with Gasteiger partial charge in [-0.25, -0.2) is 29.9 Å². The van der Waals surface area contributed by atoms with Crippen molar-refractivity contribution < 1.29 is 39.4 Å². The maximum Gasteiger partial charge on any atom is 0.288 e. The minimum absolute atomic E-state index is 0.474. The highest BCUT2D eigenvalue weighted by molar-refractivity contribution is 6.12. The second-order valence-electron chi connectivity index (χ2n) is 13.2. The number of aromatic nitrogens is 8. The van der Waals surface area contributed by atoms with Crippen LogP contribution in [0.4, 0.5) is 45.5 Å². The van der Waals surface area contributed by atoms with E-state index >= 15 is 0 Å². The number of aromatic amines is 2. The highest BCUT2D eigenvalue weighted by atomic mass is 16.7. The predicted octanol–water partition coefficient (Wildman–Crippen LogP) is 6.13. The summed E-state index contributed by atoms with van der Waals surface area (Å²) in [5, 5.41) is 96.0. The average molecular weight is 875 g/mol. The molecule has 32 nitrogen and oxygen atoms in total. The lowest BCUT2D eigenvalue weighted by molar-refractivity contribution is -0.393. The SMILES string of the molecule is O=[N+]([O-])c1cc2c(c([N+](=O)[O-])c1)-c1nc-2nc2[nH]c(nc3nc(nc4[nH]c(n1)c1cc([N+](=O)[O-])cc([N+](=O)[O-])c41)-c1cc([N+](=O)[O-])cc([N+](=O)[O-])c1-3)c1cc([N+](=O)[O-])cc([N+](=O)[O-])c21. The van der Waals surface area contributed by atoms with E-state index in [0.29, 0.717) is 24.3 Å². The van der Waals surface area contributed by atoms with Gasteiger partial charge in [-0.2, -0.15) is 0 Å². The van der Waals surface area contributed by atoms with E-state index in [9.17, 15) is 80.9 Å². The first kappa shape index (κ1) is 38.9. The molecule has 314 valence electrons. The van der Waals surface area contributed by atoms with E-state index in [1.165, 1.54) is 0 Å². The number of nitrogens with zero attached hydrogens (tertiary/aromatic N) is 14. The summed E-state index contributed by atoms with van der Waals surface area (Å²) in [6.07, 6.45) is 0. The first-order valence-corrected chi connectivity index (χ1v) is 17.0. The van der Waals surface area contributed by atoms with Crippen molar-refractivity contribution in [2.24, 2.45) is 0 Å². The molecule has 0 spiro atoms. The zero-order valence-corrected chi connectivity index (χ0v) is 30.4. The van der Waals surface area contributed by atoms with Gasteiger partial charge in [-0.15, -0.1) is 0 Å². The van der Waals surface area contributed by atoms with Crippen LogP contribution in [0.1, 0.15) is 0 Å². The second-order valence-corrected chi connectivity index (χ2v) is 13.2. The third-order valence-corrected chi connectivity index (χ3v) is 9.72. The molecule has 0 saturated heterocycles. The molecule has 2 aliphatic heterocycles. The summed E-state index contributed by atoms with van der Waals surface area (Å²) in [5.41, 5.74) is -12.2. The van der Waals surface area contributed by atoms with E-state index in [1.807, 2.05) is 0 Å². The summed E-state index contributed by atoms with van der Waals surface area (Å²) in [4.78, 5) is 121. The van der Waals surface area contributed by atoms with Crippen LogP contribution < -0.4 is 0 Å². The molecule has 0 unspecified atom stereocenters. The molecule has 9 rings (SSSR count). The van der Waals surface area contributed by atoms with Gasteiger partial charge in [-0.1, -0.05) is 0 Å². The van der Waals surface area contributed by atoms with Crippen LogP contribution in [0.3, 0.4) is 0 Å². The summed E-state index contributed by atoms with van der Waals surface area (Å²) in [7, 11) is 0. The molecule has 3 aromatic heterocycles. The third kappa shape index (κ3) is 5.86. The molecule has 0 saturated carbocycles. The maximum atomic E-state index is 12.5. The maximum absolute atomic E-state index is 12.5. The largest absolute Gasteiger partial charge is 0.324 e. The lowest BCUT2D eigenvalue weighted by Crippen LogP contribution is -1.97. The third-order valence-electron chi connectivity index (χ3n) is 9.72. The molecular weight excluding hydrogens is 864 g/mol. The molecule has 0 atom stereocenters. The van der Waals surface area contributed by atoms with Gasteiger partial charge in [-0.3, -0.25) is 80.9 Å². The quantitative estimate of drug-likeness (QED) is 0.128. The van der Waals surface area contributed by atoms with Crippen molar-refractivity contribution in [1.29, 1.82) is 0 Å². The highest BCUT2D eigenvalue weighted by Gasteiger charge is 2.36. The molecule has 0 amide bonds. The number of H-pyrrole nitrogens is 2. The number of hydrogen-bond acceptors (Lipinski definition) is 22. The standard InChI is InChI=1S/C32H10N16O16/c49-41(50)9-1-13-21(17(5-9)45(57)58)29-33-25(13)37-30-22-14(2-10(42(51)52)6-18(22)46(59)60)27(34-30)39-32-24-16(4-12(44(55)56)8-20(24)48(63)64)28(36-32)40-31-23-15(26(35-31)38-29)3-11(43(53)54)7-19(23)47(61)62/h1-8H,(H2,33,34,35,36,37,38,39,40). The molecular formula is C32H10N16O16. The van der Waals surface area contributed by atoms with Gasteiger partial charge in [0.15, 0.2) is 23.3 Å². The monoisotopic (exact) mass is 874 g/mol. The van der Waals surface area contributed by atoms with Crippen molar-refractivity contribution in [3.05, 3.63) is 129 Å². The molecule has 32 heteroatoms. The van der Waals surface area contributed by atoms with Crippen LogP contribution in [-0.4, -0.2) is 79.3 Å². The molecule has 7 aromatic rings. The normalized spacial score (nSPS) is 11.5. The van der Waals surface area contributed by atoms with E-state index in [-0.39, 0.29) is 0 Å². The van der Waals surface area contributed by atoms with E-state index < -0.39 is 175 Å². The van der Waals surface area contributed by atoms with Crippen molar-refractivity contribution in [2.75, 3.05) is 0 Å². The van der Waals surface area contributed by atoms with Crippen LogP contribution in [0, 0.1) is 80.9 Å². The van der Waals surface area contributed by atoms with Crippen molar-refractivity contribution in [3.8, 4) is 45.6 Å². The molecule has 2 aliphatic rings. The van der Waals surface area contributed by atoms with Gasteiger partial charge in [0, 0.05) is 46.2 Å². The molecule has 5 heterocycles. The van der Waals surface area contributed by atoms with Gasteiger partial charge in [-0.05, 0) is 0 Å². The van der Waals surface area contributed by atoms with Crippen molar-refractivity contribution in [2.45, 2.75) is 0 Å². The Balaban J connectivity index is 1.60. The zero-order valence-electron chi connectivity index (χ0n) is 30.4. The van der Waals surface area contributed by atoms with Gasteiger partial charge in [0.1, 0.15) is 44.5 Å². The zero-order chi connectivity index (χ0) is 45.8. The molecule has 0 radical (unpaired) electrons. The highest BCUT2D eigenvalue weighted by Crippen LogP contribution is 2.47. The number of benzene rings is 4. The van der Waals surface area contributed by atoms with Crippen molar-refractivity contribution in [3.63, 3.8) is 0 Å². The van der Waals surface area contributed by atoms with Crippen LogP contribution in [0.15, 0.2) is 48.5 Å². The van der Waals surface area contributed by atoms with E-state index in [1.54, 1.807) is 0 Å². The fourth-order valence-corrected chi connectivity index (χ4v) is 7.16. The number of rotatable bonds is 8. The van der Waals surface area contributed by atoms with Crippen LogP contribution in [0.5, 0.6) is 0 Å². The van der Waals surface area contributed by atoms with Gasteiger partial charge in [0.05, 0.1) is 63.7 Å². The molecule has 0 fully saturated rings. The predicted molar refractivity (Wildman–Crippen MR) is 209 cm³/mol. The van der Waals surface area contributed by atoms with Gasteiger partial charge in [0.2, 0.25) is 0 Å². The summed E-state index contributed by atoms with van der Waals surface area (Å²) in [6, 6.07) is 5.28. The molecule has 4 aromatic carbocycles. The number of nitro benzene ring substituents is 8. The summed E-state index contributed by atoms with van der Waals surface area (Å²) in [6.45, 7) is 0. The Morgan fingerprint density at radius 3 is 0.938 bits per heavy atom. The van der Waals surface area contributed by atoms with Crippen LogP contribution >= 0.6 is 0 Å².